The molecule has 0 aliphatic rings. The number of phenols is 1. The van der Waals surface area contributed by atoms with Crippen LogP contribution in [0, 0.1) is 0 Å². The van der Waals surface area contributed by atoms with Crippen LogP contribution in [0.4, 0.5) is 0 Å². The summed E-state index contributed by atoms with van der Waals surface area (Å²) < 4.78 is 0. The number of hydrogen-bond acceptors (Lipinski definition) is 4. The first-order valence-corrected chi connectivity index (χ1v) is 6.22. The Morgan fingerprint density at radius 1 is 1.16 bits per heavy atom. The summed E-state index contributed by atoms with van der Waals surface area (Å²) in [5.41, 5.74) is 6.73. The summed E-state index contributed by atoms with van der Waals surface area (Å²) in [4.78, 5) is 11.2. The Hall–Kier alpha value is -1.91. The van der Waals surface area contributed by atoms with Gasteiger partial charge in [0.1, 0.15) is 12.4 Å². The van der Waals surface area contributed by atoms with Crippen molar-refractivity contribution in [2.24, 2.45) is 5.73 Å². The van der Waals surface area contributed by atoms with Crippen molar-refractivity contribution in [3.63, 3.8) is 0 Å². The molecular weight excluding hydrogens is 242 g/mol. The minimum atomic E-state index is -0.641. The standard InChI is InChI=1S/C15H17NO3/c16-13(15(19)9-17)7-5-10-6-8-14(18)12-4-2-1-3-11(10)12/h1-4,6,8,13,17-18H,5,7,9,16H2/t13-/m0/s1. The Morgan fingerprint density at radius 2 is 1.84 bits per heavy atom. The summed E-state index contributed by atoms with van der Waals surface area (Å²) in [5.74, 6) is -0.0989. The zero-order valence-electron chi connectivity index (χ0n) is 10.5. The molecule has 19 heavy (non-hydrogen) atoms. The topological polar surface area (TPSA) is 83.5 Å². The summed E-state index contributed by atoms with van der Waals surface area (Å²) >= 11 is 0. The third kappa shape index (κ3) is 2.92. The van der Waals surface area contributed by atoms with Gasteiger partial charge in [-0.1, -0.05) is 30.3 Å². The van der Waals surface area contributed by atoms with E-state index in [4.69, 9.17) is 10.8 Å². The van der Waals surface area contributed by atoms with E-state index in [2.05, 4.69) is 0 Å². The zero-order chi connectivity index (χ0) is 13.8. The van der Waals surface area contributed by atoms with E-state index in [9.17, 15) is 9.90 Å². The Kier molecular flexibility index (Phi) is 4.14. The predicted molar refractivity (Wildman–Crippen MR) is 74.0 cm³/mol. The monoisotopic (exact) mass is 259 g/mol. The van der Waals surface area contributed by atoms with Crippen molar-refractivity contribution in [1.82, 2.24) is 0 Å². The van der Waals surface area contributed by atoms with Gasteiger partial charge in [0.25, 0.3) is 0 Å². The largest absolute Gasteiger partial charge is 0.507 e. The minimum Gasteiger partial charge on any atom is -0.507 e. The number of phenolic OH excluding ortho intramolecular Hbond substituents is 1. The van der Waals surface area contributed by atoms with Gasteiger partial charge in [0, 0.05) is 5.39 Å². The van der Waals surface area contributed by atoms with E-state index in [0.717, 1.165) is 16.3 Å². The quantitative estimate of drug-likeness (QED) is 0.757. The molecule has 0 unspecified atom stereocenters. The highest BCUT2D eigenvalue weighted by molar-refractivity contribution is 5.91. The van der Waals surface area contributed by atoms with Gasteiger partial charge in [0.15, 0.2) is 5.78 Å². The van der Waals surface area contributed by atoms with E-state index >= 15 is 0 Å². The molecule has 0 saturated carbocycles. The number of Topliss-reactive ketones (excluding diaryl/α,β-unsaturated/α-hetero) is 1. The maximum absolute atomic E-state index is 11.2. The molecule has 4 heteroatoms. The molecule has 2 aromatic carbocycles. The average Bonchev–Trinajstić information content (AvgIpc) is 2.45. The van der Waals surface area contributed by atoms with Crippen molar-refractivity contribution in [1.29, 1.82) is 0 Å². The molecule has 1 atom stereocenters. The van der Waals surface area contributed by atoms with Crippen molar-refractivity contribution in [2.45, 2.75) is 18.9 Å². The summed E-state index contributed by atoms with van der Waals surface area (Å²) in [6.45, 7) is -0.516. The lowest BCUT2D eigenvalue weighted by Crippen LogP contribution is -2.33. The summed E-state index contributed by atoms with van der Waals surface area (Å²) in [6.07, 6.45) is 1.11. The average molecular weight is 259 g/mol. The molecule has 2 rings (SSSR count). The van der Waals surface area contributed by atoms with Gasteiger partial charge in [-0.25, -0.2) is 0 Å². The van der Waals surface area contributed by atoms with Gasteiger partial charge in [-0.05, 0) is 29.9 Å². The molecule has 0 aromatic heterocycles. The van der Waals surface area contributed by atoms with Gasteiger partial charge in [0.2, 0.25) is 0 Å². The normalized spacial score (nSPS) is 12.5. The van der Waals surface area contributed by atoms with E-state index < -0.39 is 12.6 Å². The molecule has 0 aliphatic carbocycles. The molecule has 2 aromatic rings. The van der Waals surface area contributed by atoms with Gasteiger partial charge in [-0.15, -0.1) is 0 Å². The molecular formula is C15H17NO3. The van der Waals surface area contributed by atoms with Crippen LogP contribution in [-0.2, 0) is 11.2 Å². The van der Waals surface area contributed by atoms with E-state index in [-0.39, 0.29) is 11.5 Å². The lowest BCUT2D eigenvalue weighted by atomic mass is 9.97. The molecule has 0 fully saturated rings. The number of carbonyl (C=O) groups is 1. The molecule has 100 valence electrons. The third-order valence-corrected chi connectivity index (χ3v) is 3.29. The Morgan fingerprint density at radius 3 is 2.53 bits per heavy atom. The Balaban J connectivity index is 2.22. The van der Waals surface area contributed by atoms with Crippen LogP contribution in [0.1, 0.15) is 12.0 Å². The van der Waals surface area contributed by atoms with Crippen LogP contribution in [-0.4, -0.2) is 28.6 Å². The highest BCUT2D eigenvalue weighted by Crippen LogP contribution is 2.28. The Labute approximate surface area is 111 Å². The van der Waals surface area contributed by atoms with Crippen LogP contribution >= 0.6 is 0 Å². The lowest BCUT2D eigenvalue weighted by molar-refractivity contribution is -0.123. The van der Waals surface area contributed by atoms with E-state index in [1.165, 1.54) is 0 Å². The van der Waals surface area contributed by atoms with Crippen molar-refractivity contribution in [3.05, 3.63) is 42.0 Å². The van der Waals surface area contributed by atoms with Crippen LogP contribution in [0.2, 0.25) is 0 Å². The number of aryl methyl sites for hydroxylation is 1. The van der Waals surface area contributed by atoms with E-state index in [1.54, 1.807) is 6.07 Å². The molecule has 4 N–H and O–H groups in total. The molecule has 0 bridgehead atoms. The number of benzene rings is 2. The molecule has 0 spiro atoms. The first kappa shape index (κ1) is 13.5. The van der Waals surface area contributed by atoms with Gasteiger partial charge < -0.3 is 15.9 Å². The van der Waals surface area contributed by atoms with Crippen molar-refractivity contribution in [2.75, 3.05) is 6.61 Å². The van der Waals surface area contributed by atoms with Crippen LogP contribution in [0.5, 0.6) is 5.75 Å². The van der Waals surface area contributed by atoms with E-state index in [0.29, 0.717) is 12.8 Å². The van der Waals surface area contributed by atoms with E-state index in [1.807, 2.05) is 30.3 Å². The van der Waals surface area contributed by atoms with Crippen molar-refractivity contribution >= 4 is 16.6 Å². The number of aromatic hydroxyl groups is 1. The number of aliphatic hydroxyl groups excluding tert-OH is 1. The van der Waals surface area contributed by atoms with Crippen LogP contribution in [0.3, 0.4) is 0 Å². The number of ketones is 1. The van der Waals surface area contributed by atoms with Gasteiger partial charge in [0.05, 0.1) is 6.04 Å². The lowest BCUT2D eigenvalue weighted by Gasteiger charge is -2.11. The van der Waals surface area contributed by atoms with Crippen LogP contribution in [0.15, 0.2) is 36.4 Å². The summed E-state index contributed by atoms with van der Waals surface area (Å²) in [7, 11) is 0. The fourth-order valence-electron chi connectivity index (χ4n) is 2.15. The fraction of sp³-hybridized carbons (Fsp3) is 0.267. The zero-order valence-corrected chi connectivity index (χ0v) is 10.5. The van der Waals surface area contributed by atoms with Crippen molar-refractivity contribution < 1.29 is 15.0 Å². The smallest absolute Gasteiger partial charge is 0.174 e. The van der Waals surface area contributed by atoms with Crippen LogP contribution < -0.4 is 5.73 Å². The molecule has 0 radical (unpaired) electrons. The number of carbonyl (C=O) groups excluding carboxylic acids is 1. The molecule has 0 amide bonds. The number of aliphatic hydroxyl groups is 1. The Bertz CT molecular complexity index is 595. The van der Waals surface area contributed by atoms with Gasteiger partial charge in [-0.3, -0.25) is 4.79 Å². The molecule has 0 saturated heterocycles. The summed E-state index contributed by atoms with van der Waals surface area (Å²) in [6, 6.07) is 10.4. The molecule has 0 heterocycles. The highest BCUT2D eigenvalue weighted by Gasteiger charge is 2.13. The fourth-order valence-corrected chi connectivity index (χ4v) is 2.15. The number of fused-ring (bicyclic) bond motifs is 1. The molecule has 4 nitrogen and oxygen atoms in total. The number of nitrogens with two attached hydrogens (primary N) is 1. The maximum atomic E-state index is 11.2. The minimum absolute atomic E-state index is 0.245. The second-order valence-corrected chi connectivity index (χ2v) is 4.56. The maximum Gasteiger partial charge on any atom is 0.174 e. The van der Waals surface area contributed by atoms with Crippen molar-refractivity contribution in [3.8, 4) is 5.75 Å². The first-order valence-electron chi connectivity index (χ1n) is 6.22. The second-order valence-electron chi connectivity index (χ2n) is 4.56. The number of hydrogen-bond donors (Lipinski definition) is 3. The summed E-state index contributed by atoms with van der Waals surface area (Å²) in [5, 5.41) is 20.3. The highest BCUT2D eigenvalue weighted by atomic mass is 16.3. The predicted octanol–water partition coefficient (Wildman–Crippen LogP) is 1.37. The molecule has 0 aliphatic heterocycles. The van der Waals surface area contributed by atoms with Gasteiger partial charge >= 0.3 is 0 Å². The van der Waals surface area contributed by atoms with Crippen LogP contribution in [0.25, 0.3) is 10.8 Å². The number of rotatable bonds is 5. The third-order valence-electron chi connectivity index (χ3n) is 3.29. The second kappa shape index (κ2) is 5.82. The SMILES string of the molecule is N[C@@H](CCc1ccc(O)c2ccccc12)C(=O)CO. The first-order chi connectivity index (χ1) is 9.13. The van der Waals surface area contributed by atoms with Gasteiger partial charge in [-0.2, -0.15) is 0 Å².